The number of aromatic nitrogens is 4. The first kappa shape index (κ1) is 18.4. The number of thioether (sulfide) groups is 1. The van der Waals surface area contributed by atoms with Crippen LogP contribution in [0, 0.1) is 0 Å². The average molecular weight is 416 g/mol. The first-order chi connectivity index (χ1) is 14.7. The maximum absolute atomic E-state index is 12.9. The molecule has 4 heterocycles. The summed E-state index contributed by atoms with van der Waals surface area (Å²) in [6.45, 7) is 0. The highest BCUT2D eigenvalue weighted by Gasteiger charge is 2.18. The number of furan rings is 2. The molecule has 5 rings (SSSR count). The third kappa shape index (κ3) is 3.31. The van der Waals surface area contributed by atoms with Crippen LogP contribution in [0.2, 0.25) is 0 Å². The molecular weight excluding hydrogens is 400 g/mol. The molecule has 8 heteroatoms. The molecule has 0 aliphatic carbocycles. The second-order valence-electron chi connectivity index (χ2n) is 6.70. The molecule has 7 nitrogen and oxygen atoms in total. The van der Waals surface area contributed by atoms with Crippen LogP contribution in [0.1, 0.15) is 10.4 Å². The van der Waals surface area contributed by atoms with Gasteiger partial charge >= 0.3 is 0 Å². The molecule has 4 aromatic heterocycles. The Hall–Kier alpha value is -3.65. The van der Waals surface area contributed by atoms with Gasteiger partial charge in [-0.3, -0.25) is 4.79 Å². The molecule has 0 aliphatic heterocycles. The van der Waals surface area contributed by atoms with E-state index in [4.69, 9.17) is 8.83 Å². The van der Waals surface area contributed by atoms with E-state index in [2.05, 4.69) is 15.2 Å². The number of para-hydroxylation sites is 1. The summed E-state index contributed by atoms with van der Waals surface area (Å²) in [6, 6.07) is 11.5. The summed E-state index contributed by atoms with van der Waals surface area (Å²) in [4.78, 5) is 17.5. The molecule has 0 spiro atoms. The Labute approximate surface area is 175 Å². The monoisotopic (exact) mass is 416 g/mol. The average Bonchev–Trinajstić information content (AvgIpc) is 3.54. The molecule has 0 fully saturated rings. The molecule has 0 bridgehead atoms. The molecule has 148 valence electrons. The Morgan fingerprint density at radius 2 is 1.73 bits per heavy atom. The molecule has 0 saturated carbocycles. The normalized spacial score (nSPS) is 11.2. The molecule has 0 radical (unpaired) electrons. The number of nitrogens with zero attached hydrogens (tertiary/aromatic N) is 4. The second-order valence-corrected chi connectivity index (χ2v) is 7.64. The Bertz CT molecular complexity index is 1320. The van der Waals surface area contributed by atoms with Crippen LogP contribution in [0.4, 0.5) is 0 Å². The molecule has 0 saturated heterocycles. The quantitative estimate of drug-likeness (QED) is 0.289. The Balaban J connectivity index is 1.42. The van der Waals surface area contributed by atoms with Crippen molar-refractivity contribution in [3.63, 3.8) is 0 Å². The van der Waals surface area contributed by atoms with Crippen LogP contribution in [0.15, 0.2) is 81.6 Å². The van der Waals surface area contributed by atoms with E-state index in [1.165, 1.54) is 11.8 Å². The lowest BCUT2D eigenvalue weighted by atomic mass is 10.1. The first-order valence-electron chi connectivity index (χ1n) is 9.20. The van der Waals surface area contributed by atoms with Crippen molar-refractivity contribution in [3.05, 3.63) is 73.2 Å². The Kier molecular flexibility index (Phi) is 4.68. The number of carbonyl (C=O) groups excluding carboxylic acids is 1. The summed E-state index contributed by atoms with van der Waals surface area (Å²) < 4.78 is 12.3. The van der Waals surface area contributed by atoms with Gasteiger partial charge in [0.05, 0.1) is 30.8 Å². The highest BCUT2D eigenvalue weighted by molar-refractivity contribution is 7.99. The minimum atomic E-state index is 0.0178. The van der Waals surface area contributed by atoms with E-state index in [0.717, 1.165) is 22.0 Å². The highest BCUT2D eigenvalue weighted by Crippen LogP contribution is 2.31. The van der Waals surface area contributed by atoms with E-state index in [9.17, 15) is 4.79 Å². The van der Waals surface area contributed by atoms with E-state index < -0.39 is 0 Å². The summed E-state index contributed by atoms with van der Waals surface area (Å²) in [7, 11) is 1.94. The van der Waals surface area contributed by atoms with Gasteiger partial charge in [-0.25, -0.2) is 4.98 Å². The zero-order valence-corrected chi connectivity index (χ0v) is 16.8. The van der Waals surface area contributed by atoms with Gasteiger partial charge in [0.2, 0.25) is 5.16 Å². The van der Waals surface area contributed by atoms with E-state index in [-0.39, 0.29) is 11.5 Å². The van der Waals surface area contributed by atoms with Crippen LogP contribution >= 0.6 is 11.8 Å². The zero-order valence-electron chi connectivity index (χ0n) is 16.0. The summed E-state index contributed by atoms with van der Waals surface area (Å²) in [5, 5.41) is 9.91. The third-order valence-corrected chi connectivity index (χ3v) is 5.62. The van der Waals surface area contributed by atoms with E-state index in [1.807, 2.05) is 48.1 Å². The van der Waals surface area contributed by atoms with E-state index >= 15 is 0 Å². The van der Waals surface area contributed by atoms with Crippen LogP contribution in [0.5, 0.6) is 0 Å². The minimum absolute atomic E-state index is 0.0178. The fourth-order valence-corrected chi connectivity index (χ4v) is 4.01. The predicted molar refractivity (Wildman–Crippen MR) is 113 cm³/mol. The Morgan fingerprint density at radius 3 is 2.47 bits per heavy atom. The molecule has 0 N–H and O–H groups in total. The number of aryl methyl sites for hydroxylation is 1. The summed E-state index contributed by atoms with van der Waals surface area (Å²) in [5.74, 6) is 0.232. The van der Waals surface area contributed by atoms with E-state index in [1.54, 1.807) is 31.1 Å². The van der Waals surface area contributed by atoms with Crippen LogP contribution < -0.4 is 0 Å². The summed E-state index contributed by atoms with van der Waals surface area (Å²) >= 11 is 1.26. The molecule has 30 heavy (non-hydrogen) atoms. The minimum Gasteiger partial charge on any atom is -0.472 e. The molecule has 0 unspecified atom stereocenters. The lowest BCUT2D eigenvalue weighted by Gasteiger charge is -2.06. The fourth-order valence-electron chi connectivity index (χ4n) is 3.34. The fraction of sp³-hybridized carbons (Fsp3) is 0.0909. The third-order valence-electron chi connectivity index (χ3n) is 4.79. The number of rotatable bonds is 6. The summed E-state index contributed by atoms with van der Waals surface area (Å²) in [6.07, 6.45) is 8.20. The zero-order chi connectivity index (χ0) is 20.5. The number of hydrogen-bond acceptors (Lipinski definition) is 7. The number of ketones is 1. The molecule has 1 aromatic carbocycles. The standard InChI is InChI=1S/C22H16N4O3S/c1-26-10-17(16-4-2-3-5-18(16)26)19(27)13-30-22-23-20(14-6-8-28-11-14)21(24-25-22)15-7-9-29-12-15/h2-12H,13H2,1H3. The SMILES string of the molecule is Cn1cc(C(=O)CSc2nnc(-c3ccoc3)c(-c3ccoc3)n2)c2ccccc21. The maximum Gasteiger partial charge on any atom is 0.210 e. The molecular formula is C22H16N4O3S. The van der Waals surface area contributed by atoms with E-state index in [0.29, 0.717) is 22.1 Å². The number of hydrogen-bond donors (Lipinski definition) is 0. The van der Waals surface area contributed by atoms with Crippen molar-refractivity contribution in [2.24, 2.45) is 7.05 Å². The highest BCUT2D eigenvalue weighted by atomic mass is 32.2. The lowest BCUT2D eigenvalue weighted by molar-refractivity contribution is 0.102. The lowest BCUT2D eigenvalue weighted by Crippen LogP contribution is -2.04. The summed E-state index contributed by atoms with van der Waals surface area (Å²) in [5.41, 5.74) is 4.49. The first-order valence-corrected chi connectivity index (χ1v) is 10.2. The van der Waals surface area contributed by atoms with Gasteiger partial charge in [0.1, 0.15) is 11.4 Å². The van der Waals surface area contributed by atoms with Gasteiger partial charge in [-0.1, -0.05) is 30.0 Å². The van der Waals surface area contributed by atoms with Crippen molar-refractivity contribution in [1.82, 2.24) is 19.7 Å². The van der Waals surface area contributed by atoms with Gasteiger partial charge in [-0.2, -0.15) is 0 Å². The van der Waals surface area contributed by atoms with Crippen molar-refractivity contribution in [3.8, 4) is 22.5 Å². The Morgan fingerprint density at radius 1 is 1.00 bits per heavy atom. The predicted octanol–water partition coefficient (Wildman–Crippen LogP) is 4.86. The van der Waals surface area contributed by atoms with Gasteiger partial charge in [-0.15, -0.1) is 10.2 Å². The molecule has 0 amide bonds. The van der Waals surface area contributed by atoms with Gasteiger partial charge in [0.15, 0.2) is 5.78 Å². The van der Waals surface area contributed by atoms with Gasteiger partial charge < -0.3 is 13.4 Å². The van der Waals surface area contributed by atoms with Crippen molar-refractivity contribution >= 4 is 28.4 Å². The topological polar surface area (TPSA) is 87.0 Å². The van der Waals surface area contributed by atoms with Gasteiger partial charge in [-0.05, 0) is 18.2 Å². The van der Waals surface area contributed by atoms with Gasteiger partial charge in [0, 0.05) is 40.8 Å². The van der Waals surface area contributed by atoms with Crippen LogP contribution in [-0.4, -0.2) is 31.3 Å². The van der Waals surface area contributed by atoms with Crippen molar-refractivity contribution in [1.29, 1.82) is 0 Å². The van der Waals surface area contributed by atoms with Crippen LogP contribution in [-0.2, 0) is 7.05 Å². The van der Waals surface area contributed by atoms with Crippen LogP contribution in [0.25, 0.3) is 33.4 Å². The number of benzene rings is 1. The maximum atomic E-state index is 12.9. The molecule has 0 aliphatic rings. The van der Waals surface area contributed by atoms with Crippen molar-refractivity contribution in [2.45, 2.75) is 5.16 Å². The number of carbonyl (C=O) groups is 1. The number of Topliss-reactive ketones (excluding diaryl/α,β-unsaturated/α-hetero) is 1. The molecule has 5 aromatic rings. The van der Waals surface area contributed by atoms with Crippen molar-refractivity contribution in [2.75, 3.05) is 5.75 Å². The second kappa shape index (κ2) is 7.64. The largest absolute Gasteiger partial charge is 0.472 e. The van der Waals surface area contributed by atoms with Gasteiger partial charge in [0.25, 0.3) is 0 Å². The number of fused-ring (bicyclic) bond motifs is 1. The van der Waals surface area contributed by atoms with Crippen LogP contribution in [0.3, 0.4) is 0 Å². The molecule has 0 atom stereocenters. The smallest absolute Gasteiger partial charge is 0.210 e. The van der Waals surface area contributed by atoms with Crippen molar-refractivity contribution < 1.29 is 13.6 Å².